The van der Waals surface area contributed by atoms with Gasteiger partial charge in [-0.15, -0.1) is 11.3 Å². The Kier molecular flexibility index (Phi) is 4.73. The van der Waals surface area contributed by atoms with E-state index in [1.807, 2.05) is 36.7 Å². The van der Waals surface area contributed by atoms with Gasteiger partial charge < -0.3 is 9.26 Å². The van der Waals surface area contributed by atoms with Gasteiger partial charge >= 0.3 is 0 Å². The molecule has 23 heavy (non-hydrogen) atoms. The number of nitrogens with zero attached hydrogens (tertiary/aromatic N) is 2. The topological polar surface area (TPSA) is 38.5 Å². The van der Waals surface area contributed by atoms with E-state index >= 15 is 0 Å². The molecule has 3 rings (SSSR count). The van der Waals surface area contributed by atoms with Gasteiger partial charge in [-0.1, -0.05) is 17.3 Å². The third kappa shape index (κ3) is 3.78. The maximum atomic E-state index is 13.7. The minimum Gasteiger partial charge on any atom is -0.494 e. The van der Waals surface area contributed by atoms with E-state index in [4.69, 9.17) is 9.26 Å². The summed E-state index contributed by atoms with van der Waals surface area (Å²) < 4.78 is 24.0. The molecule has 0 amide bonds. The van der Waals surface area contributed by atoms with Crippen LogP contribution in [0.2, 0.25) is 0 Å². The summed E-state index contributed by atoms with van der Waals surface area (Å²) in [4.78, 5) is 3.11. The van der Waals surface area contributed by atoms with Crippen molar-refractivity contribution in [2.24, 2.45) is 0 Å². The van der Waals surface area contributed by atoms with Gasteiger partial charge in [-0.2, -0.15) is 0 Å². The number of rotatable bonds is 6. The molecule has 0 spiro atoms. The van der Waals surface area contributed by atoms with Gasteiger partial charge in [0, 0.05) is 19.2 Å². The highest BCUT2D eigenvalue weighted by Crippen LogP contribution is 2.25. The molecular formula is C17H17FN2O2S. The van der Waals surface area contributed by atoms with Crippen molar-refractivity contribution < 1.29 is 13.7 Å². The van der Waals surface area contributed by atoms with Gasteiger partial charge in [-0.25, -0.2) is 4.39 Å². The van der Waals surface area contributed by atoms with E-state index < -0.39 is 0 Å². The number of hydrogen-bond donors (Lipinski definition) is 0. The van der Waals surface area contributed by atoms with Crippen LogP contribution in [0.5, 0.6) is 5.75 Å². The second-order valence-electron chi connectivity index (χ2n) is 5.30. The molecule has 0 N–H and O–H groups in total. The smallest absolute Gasteiger partial charge is 0.177 e. The Morgan fingerprint density at radius 1 is 1.26 bits per heavy atom. The van der Waals surface area contributed by atoms with Gasteiger partial charge in [-0.05, 0) is 36.2 Å². The largest absolute Gasteiger partial charge is 0.494 e. The Balaban J connectivity index is 1.63. The Hall–Kier alpha value is -2.18. The van der Waals surface area contributed by atoms with Crippen LogP contribution in [0.4, 0.5) is 4.39 Å². The molecule has 2 heterocycles. The SMILES string of the molecule is COc1ccc(CN(C)Cc2cc(-c3cccs3)on2)cc1F. The first-order valence-corrected chi connectivity index (χ1v) is 8.04. The minimum absolute atomic E-state index is 0.258. The first kappa shape index (κ1) is 15.7. The predicted molar refractivity (Wildman–Crippen MR) is 87.9 cm³/mol. The van der Waals surface area contributed by atoms with Crippen molar-refractivity contribution in [1.29, 1.82) is 0 Å². The number of methoxy groups -OCH3 is 1. The molecular weight excluding hydrogens is 315 g/mol. The molecule has 0 bridgehead atoms. The predicted octanol–water partition coefficient (Wildman–Crippen LogP) is 4.18. The van der Waals surface area contributed by atoms with E-state index in [0.717, 1.165) is 21.9 Å². The molecule has 4 nitrogen and oxygen atoms in total. The second kappa shape index (κ2) is 6.93. The summed E-state index contributed by atoms with van der Waals surface area (Å²) in [6.07, 6.45) is 0. The summed E-state index contributed by atoms with van der Waals surface area (Å²) in [5.41, 5.74) is 1.73. The Morgan fingerprint density at radius 2 is 2.13 bits per heavy atom. The zero-order valence-corrected chi connectivity index (χ0v) is 13.8. The van der Waals surface area contributed by atoms with Crippen LogP contribution in [0.15, 0.2) is 46.3 Å². The molecule has 0 aliphatic carbocycles. The van der Waals surface area contributed by atoms with Crippen LogP contribution in [-0.4, -0.2) is 24.2 Å². The average Bonchev–Trinajstić information content (AvgIpc) is 3.18. The molecule has 6 heteroatoms. The summed E-state index contributed by atoms with van der Waals surface area (Å²) >= 11 is 1.62. The van der Waals surface area contributed by atoms with Gasteiger partial charge in [0.05, 0.1) is 17.7 Å². The van der Waals surface area contributed by atoms with E-state index in [2.05, 4.69) is 10.1 Å². The van der Waals surface area contributed by atoms with E-state index in [0.29, 0.717) is 13.1 Å². The monoisotopic (exact) mass is 332 g/mol. The molecule has 0 unspecified atom stereocenters. The lowest BCUT2D eigenvalue weighted by Crippen LogP contribution is -2.17. The average molecular weight is 332 g/mol. The molecule has 0 radical (unpaired) electrons. The standard InChI is InChI=1S/C17H17FN2O2S/c1-20(10-12-5-6-15(21-2)14(18)8-12)11-13-9-16(22-19-13)17-4-3-7-23-17/h3-9H,10-11H2,1-2H3. The maximum Gasteiger partial charge on any atom is 0.177 e. The van der Waals surface area contributed by atoms with Gasteiger partial charge in [0.2, 0.25) is 0 Å². The Labute approximate surface area is 138 Å². The van der Waals surface area contributed by atoms with Crippen molar-refractivity contribution in [3.05, 3.63) is 58.9 Å². The third-order valence-corrected chi connectivity index (χ3v) is 4.31. The van der Waals surface area contributed by atoms with Crippen molar-refractivity contribution in [3.63, 3.8) is 0 Å². The van der Waals surface area contributed by atoms with Crippen LogP contribution >= 0.6 is 11.3 Å². The lowest BCUT2D eigenvalue weighted by molar-refractivity contribution is 0.303. The van der Waals surface area contributed by atoms with E-state index in [1.54, 1.807) is 17.4 Å². The van der Waals surface area contributed by atoms with Gasteiger partial charge in [0.1, 0.15) is 0 Å². The molecule has 0 fully saturated rings. The second-order valence-corrected chi connectivity index (χ2v) is 6.25. The first-order valence-electron chi connectivity index (χ1n) is 7.16. The normalized spacial score (nSPS) is 11.1. The summed E-state index contributed by atoms with van der Waals surface area (Å²) in [5.74, 6) is 0.687. The fourth-order valence-electron chi connectivity index (χ4n) is 2.37. The maximum absolute atomic E-state index is 13.7. The molecule has 3 aromatic rings. The van der Waals surface area contributed by atoms with Crippen LogP contribution in [0.1, 0.15) is 11.3 Å². The van der Waals surface area contributed by atoms with Crippen LogP contribution in [-0.2, 0) is 13.1 Å². The highest BCUT2D eigenvalue weighted by molar-refractivity contribution is 7.13. The number of halogens is 1. The molecule has 0 atom stereocenters. The van der Waals surface area contributed by atoms with Crippen molar-refractivity contribution in [1.82, 2.24) is 10.1 Å². The summed E-state index contributed by atoms with van der Waals surface area (Å²) in [5, 5.41) is 6.10. The molecule has 0 saturated heterocycles. The fourth-order valence-corrected chi connectivity index (χ4v) is 3.05. The molecule has 0 aliphatic heterocycles. The van der Waals surface area contributed by atoms with Gasteiger partial charge in [0.25, 0.3) is 0 Å². The van der Waals surface area contributed by atoms with Gasteiger partial charge in [-0.3, -0.25) is 4.90 Å². The number of ether oxygens (including phenoxy) is 1. The van der Waals surface area contributed by atoms with Crippen LogP contribution in [0.3, 0.4) is 0 Å². The zero-order chi connectivity index (χ0) is 16.2. The van der Waals surface area contributed by atoms with Crippen molar-refractivity contribution in [2.45, 2.75) is 13.1 Å². The summed E-state index contributed by atoms with van der Waals surface area (Å²) in [7, 11) is 3.42. The quantitative estimate of drug-likeness (QED) is 0.679. The number of hydrogen-bond acceptors (Lipinski definition) is 5. The van der Waals surface area contributed by atoms with Crippen LogP contribution < -0.4 is 4.74 Å². The molecule has 2 aromatic heterocycles. The van der Waals surface area contributed by atoms with Crippen molar-refractivity contribution >= 4 is 11.3 Å². The van der Waals surface area contributed by atoms with Crippen LogP contribution in [0, 0.1) is 5.82 Å². The summed E-state index contributed by atoms with van der Waals surface area (Å²) in [6, 6.07) is 10.9. The van der Waals surface area contributed by atoms with Crippen molar-refractivity contribution in [3.8, 4) is 16.4 Å². The Morgan fingerprint density at radius 3 is 2.83 bits per heavy atom. The lowest BCUT2D eigenvalue weighted by atomic mass is 10.2. The zero-order valence-electron chi connectivity index (χ0n) is 13.0. The van der Waals surface area contributed by atoms with E-state index in [9.17, 15) is 4.39 Å². The molecule has 0 saturated carbocycles. The highest BCUT2D eigenvalue weighted by Gasteiger charge is 2.11. The third-order valence-electron chi connectivity index (χ3n) is 3.42. The number of aromatic nitrogens is 1. The van der Waals surface area contributed by atoms with Crippen molar-refractivity contribution in [2.75, 3.05) is 14.2 Å². The summed E-state index contributed by atoms with van der Waals surface area (Å²) in [6.45, 7) is 1.24. The minimum atomic E-state index is -0.347. The number of thiophene rings is 1. The van der Waals surface area contributed by atoms with E-state index in [-0.39, 0.29) is 11.6 Å². The highest BCUT2D eigenvalue weighted by atomic mass is 32.1. The van der Waals surface area contributed by atoms with Gasteiger partial charge in [0.15, 0.2) is 17.3 Å². The first-order chi connectivity index (χ1) is 11.2. The lowest BCUT2D eigenvalue weighted by Gasteiger charge is -2.15. The number of benzene rings is 1. The molecule has 1 aromatic carbocycles. The van der Waals surface area contributed by atoms with E-state index in [1.165, 1.54) is 13.2 Å². The molecule has 0 aliphatic rings. The molecule has 120 valence electrons. The fraction of sp³-hybridized carbons (Fsp3) is 0.235. The Bertz CT molecular complexity index is 771. The van der Waals surface area contributed by atoms with Crippen LogP contribution in [0.25, 0.3) is 10.6 Å².